The molecule has 3 rings (SSSR count). The standard InChI is InChI=1S/C21H24ClN3O4/c1-21(2,3)29-20(27)23-13-8-9-18-14(12-13)16(10-11-28-18)24-19(26)25-17-7-5-4-6-15(17)22/h4-9,12,16H,10-11H2,1-3H3,(H,23,27)(H2,24,25,26)/t16-/m1/s1. The van der Waals surface area contributed by atoms with E-state index in [4.69, 9.17) is 21.1 Å². The molecular weight excluding hydrogens is 394 g/mol. The highest BCUT2D eigenvalue weighted by atomic mass is 35.5. The molecule has 0 fully saturated rings. The van der Waals surface area contributed by atoms with Crippen LogP contribution < -0.4 is 20.7 Å². The van der Waals surface area contributed by atoms with Gasteiger partial charge in [0.2, 0.25) is 0 Å². The van der Waals surface area contributed by atoms with Crippen LogP contribution in [0.5, 0.6) is 5.75 Å². The molecular formula is C21H24ClN3O4. The Morgan fingerprint density at radius 3 is 2.62 bits per heavy atom. The van der Waals surface area contributed by atoms with Gasteiger partial charge in [0.25, 0.3) is 0 Å². The predicted octanol–water partition coefficient (Wildman–Crippen LogP) is 5.33. The SMILES string of the molecule is CC(C)(C)OC(=O)Nc1ccc2c(c1)[C@H](NC(=O)Nc1ccccc1Cl)CCO2. The van der Waals surface area contributed by atoms with Gasteiger partial charge in [0.05, 0.1) is 23.4 Å². The molecule has 3 N–H and O–H groups in total. The van der Waals surface area contributed by atoms with E-state index in [9.17, 15) is 9.59 Å². The number of carbonyl (C=O) groups excluding carboxylic acids is 2. The van der Waals surface area contributed by atoms with Crippen molar-refractivity contribution in [2.45, 2.75) is 38.8 Å². The van der Waals surface area contributed by atoms with Crippen molar-refractivity contribution in [1.82, 2.24) is 5.32 Å². The number of benzene rings is 2. The topological polar surface area (TPSA) is 88.7 Å². The van der Waals surface area contributed by atoms with E-state index >= 15 is 0 Å². The van der Waals surface area contributed by atoms with Crippen molar-refractivity contribution >= 4 is 35.1 Å². The summed E-state index contributed by atoms with van der Waals surface area (Å²) in [6.45, 7) is 5.86. The van der Waals surface area contributed by atoms with E-state index in [1.165, 1.54) is 0 Å². The number of urea groups is 1. The van der Waals surface area contributed by atoms with Crippen LogP contribution in [0.4, 0.5) is 21.0 Å². The molecule has 3 amide bonds. The Hall–Kier alpha value is -2.93. The van der Waals surface area contributed by atoms with Gasteiger partial charge in [-0.3, -0.25) is 5.32 Å². The summed E-state index contributed by atoms with van der Waals surface area (Å²) in [5.41, 5.74) is 1.27. The molecule has 0 bridgehead atoms. The van der Waals surface area contributed by atoms with E-state index in [1.54, 1.807) is 63.2 Å². The zero-order chi connectivity index (χ0) is 21.0. The number of rotatable bonds is 3. The fraction of sp³-hybridized carbons (Fsp3) is 0.333. The zero-order valence-corrected chi connectivity index (χ0v) is 17.3. The third-order valence-electron chi connectivity index (χ3n) is 4.12. The van der Waals surface area contributed by atoms with Gasteiger partial charge in [0.1, 0.15) is 11.4 Å². The molecule has 29 heavy (non-hydrogen) atoms. The second-order valence-corrected chi connectivity index (χ2v) is 8.05. The maximum Gasteiger partial charge on any atom is 0.412 e. The molecule has 1 heterocycles. The van der Waals surface area contributed by atoms with Gasteiger partial charge < -0.3 is 20.1 Å². The van der Waals surface area contributed by atoms with Gasteiger partial charge in [0, 0.05) is 17.7 Å². The van der Waals surface area contributed by atoms with Crippen LogP contribution in [-0.4, -0.2) is 24.3 Å². The lowest BCUT2D eigenvalue weighted by atomic mass is 10.00. The lowest BCUT2D eigenvalue weighted by Crippen LogP contribution is -2.35. The minimum atomic E-state index is -0.595. The maximum absolute atomic E-state index is 12.5. The molecule has 0 saturated heterocycles. The highest BCUT2D eigenvalue weighted by Crippen LogP contribution is 2.34. The van der Waals surface area contributed by atoms with Gasteiger partial charge in [-0.25, -0.2) is 9.59 Å². The van der Waals surface area contributed by atoms with Gasteiger partial charge in [0.15, 0.2) is 0 Å². The second-order valence-electron chi connectivity index (χ2n) is 7.65. The number of fused-ring (bicyclic) bond motifs is 1. The summed E-state index contributed by atoms with van der Waals surface area (Å²) in [4.78, 5) is 24.5. The third-order valence-corrected chi connectivity index (χ3v) is 4.45. The fourth-order valence-electron chi connectivity index (χ4n) is 2.92. The van der Waals surface area contributed by atoms with Crippen molar-refractivity contribution in [3.63, 3.8) is 0 Å². The summed E-state index contributed by atoms with van der Waals surface area (Å²) in [5.74, 6) is 0.661. The monoisotopic (exact) mass is 417 g/mol. The van der Waals surface area contributed by atoms with Gasteiger partial charge >= 0.3 is 12.1 Å². The number of halogens is 1. The Morgan fingerprint density at radius 1 is 1.14 bits per heavy atom. The van der Waals surface area contributed by atoms with Gasteiger partial charge in [-0.05, 0) is 51.1 Å². The summed E-state index contributed by atoms with van der Waals surface area (Å²) >= 11 is 6.09. The normalized spacial score (nSPS) is 15.5. The summed E-state index contributed by atoms with van der Waals surface area (Å²) in [7, 11) is 0. The van der Waals surface area contributed by atoms with Crippen LogP contribution >= 0.6 is 11.6 Å². The molecule has 0 radical (unpaired) electrons. The van der Waals surface area contributed by atoms with Crippen LogP contribution in [0.15, 0.2) is 42.5 Å². The first-order valence-electron chi connectivity index (χ1n) is 9.30. The molecule has 1 atom stereocenters. The third kappa shape index (κ3) is 5.77. The number of hydrogen-bond donors (Lipinski definition) is 3. The number of hydrogen-bond acceptors (Lipinski definition) is 4. The summed E-state index contributed by atoms with van der Waals surface area (Å²) in [5, 5.41) is 8.85. The number of carbonyl (C=O) groups is 2. The first-order valence-corrected chi connectivity index (χ1v) is 9.68. The molecule has 0 unspecified atom stereocenters. The van der Waals surface area contributed by atoms with E-state index < -0.39 is 11.7 Å². The molecule has 2 aromatic rings. The Bertz CT molecular complexity index is 911. The van der Waals surface area contributed by atoms with Crippen LogP contribution in [-0.2, 0) is 4.74 Å². The number of anilines is 2. The van der Waals surface area contributed by atoms with Crippen molar-refractivity contribution < 1.29 is 19.1 Å². The Labute approximate surface area is 174 Å². The van der Waals surface area contributed by atoms with E-state index in [2.05, 4.69) is 16.0 Å². The number of amides is 3. The number of nitrogens with one attached hydrogen (secondary N) is 3. The molecule has 0 saturated carbocycles. The average molecular weight is 418 g/mol. The van der Waals surface area contributed by atoms with Gasteiger partial charge in [-0.15, -0.1) is 0 Å². The van der Waals surface area contributed by atoms with Crippen molar-refractivity contribution in [3.8, 4) is 5.75 Å². The molecule has 0 aromatic heterocycles. The van der Waals surface area contributed by atoms with Crippen LogP contribution in [0.25, 0.3) is 0 Å². The van der Waals surface area contributed by atoms with Crippen LogP contribution in [0.3, 0.4) is 0 Å². The molecule has 1 aliphatic heterocycles. The zero-order valence-electron chi connectivity index (χ0n) is 16.5. The Morgan fingerprint density at radius 2 is 1.90 bits per heavy atom. The Balaban J connectivity index is 1.71. The molecule has 0 aliphatic carbocycles. The molecule has 7 nitrogen and oxygen atoms in total. The lowest BCUT2D eigenvalue weighted by molar-refractivity contribution is 0.0636. The quantitative estimate of drug-likeness (QED) is 0.629. The van der Waals surface area contributed by atoms with E-state index in [1.807, 2.05) is 0 Å². The number of para-hydroxylation sites is 1. The number of ether oxygens (including phenoxy) is 2. The minimum absolute atomic E-state index is 0.276. The average Bonchev–Trinajstić information content (AvgIpc) is 2.62. The highest BCUT2D eigenvalue weighted by Gasteiger charge is 2.24. The van der Waals surface area contributed by atoms with Crippen molar-refractivity contribution in [2.75, 3.05) is 17.2 Å². The first kappa shape index (κ1) is 20.8. The lowest BCUT2D eigenvalue weighted by Gasteiger charge is -2.27. The molecule has 1 aliphatic rings. The molecule has 154 valence electrons. The van der Waals surface area contributed by atoms with E-state index in [0.717, 1.165) is 5.56 Å². The van der Waals surface area contributed by atoms with Gasteiger partial charge in [-0.2, -0.15) is 0 Å². The summed E-state index contributed by atoms with van der Waals surface area (Å²) in [6, 6.07) is 11.6. The fourth-order valence-corrected chi connectivity index (χ4v) is 3.11. The summed E-state index contributed by atoms with van der Waals surface area (Å²) in [6.07, 6.45) is 0.0499. The van der Waals surface area contributed by atoms with E-state index in [0.29, 0.717) is 35.2 Å². The Kier molecular flexibility index (Phi) is 6.17. The second kappa shape index (κ2) is 8.61. The largest absolute Gasteiger partial charge is 0.493 e. The maximum atomic E-state index is 12.5. The van der Waals surface area contributed by atoms with Crippen LogP contribution in [0.2, 0.25) is 5.02 Å². The molecule has 0 spiro atoms. The van der Waals surface area contributed by atoms with Crippen LogP contribution in [0, 0.1) is 0 Å². The molecule has 2 aromatic carbocycles. The highest BCUT2D eigenvalue weighted by molar-refractivity contribution is 6.33. The minimum Gasteiger partial charge on any atom is -0.493 e. The summed E-state index contributed by atoms with van der Waals surface area (Å²) < 4.78 is 11.0. The van der Waals surface area contributed by atoms with Gasteiger partial charge in [-0.1, -0.05) is 23.7 Å². The van der Waals surface area contributed by atoms with Crippen molar-refractivity contribution in [3.05, 3.63) is 53.1 Å². The predicted molar refractivity (Wildman–Crippen MR) is 113 cm³/mol. The smallest absolute Gasteiger partial charge is 0.412 e. The first-order chi connectivity index (χ1) is 13.7. The van der Waals surface area contributed by atoms with Crippen LogP contribution in [0.1, 0.15) is 38.8 Å². The van der Waals surface area contributed by atoms with Crippen molar-refractivity contribution in [2.24, 2.45) is 0 Å². The molecule has 8 heteroatoms. The van der Waals surface area contributed by atoms with E-state index in [-0.39, 0.29) is 12.1 Å². The van der Waals surface area contributed by atoms with Crippen molar-refractivity contribution in [1.29, 1.82) is 0 Å².